The quantitative estimate of drug-likeness (QED) is 0.674. The van der Waals surface area contributed by atoms with E-state index in [1.165, 1.54) is 0 Å². The van der Waals surface area contributed by atoms with Crippen molar-refractivity contribution in [2.75, 3.05) is 5.32 Å². The maximum Gasteiger partial charge on any atom is 0.277 e. The number of H-pyrrole nitrogens is 2. The molecule has 7 nitrogen and oxygen atoms in total. The van der Waals surface area contributed by atoms with Gasteiger partial charge in [0, 0.05) is 16.6 Å². The minimum atomic E-state index is -0.259. The molecule has 0 unspecified atom stereocenters. The van der Waals surface area contributed by atoms with Crippen LogP contribution in [0.25, 0.3) is 10.9 Å². The van der Waals surface area contributed by atoms with Crippen LogP contribution >= 0.6 is 0 Å². The molecule has 1 aliphatic rings. The molecule has 0 spiro atoms. The Morgan fingerprint density at radius 3 is 2.92 bits per heavy atom. The number of amides is 1. The molecule has 0 saturated carbocycles. The standard InChI is InChI=1S/C17H16N6O/c1-9-6-12-14(7-10(9)8-18)21-23-16(12)19-17(24)15-11-4-2-3-5-13(11)20-22-15/h6-7H,2-5H2,1H3,(H,20,22)(H2,19,21,23,24). The van der Waals surface area contributed by atoms with Gasteiger partial charge in [-0.15, -0.1) is 0 Å². The van der Waals surface area contributed by atoms with Gasteiger partial charge in [-0.05, 0) is 50.3 Å². The van der Waals surface area contributed by atoms with E-state index in [-0.39, 0.29) is 5.91 Å². The molecule has 0 radical (unpaired) electrons. The monoisotopic (exact) mass is 320 g/mol. The average molecular weight is 320 g/mol. The van der Waals surface area contributed by atoms with Crippen molar-refractivity contribution in [1.82, 2.24) is 20.4 Å². The minimum absolute atomic E-state index is 0.259. The fraction of sp³-hybridized carbons (Fsp3) is 0.294. The fourth-order valence-electron chi connectivity index (χ4n) is 3.22. The van der Waals surface area contributed by atoms with Crippen molar-refractivity contribution in [3.05, 3.63) is 40.2 Å². The number of anilines is 1. The molecule has 24 heavy (non-hydrogen) atoms. The lowest BCUT2D eigenvalue weighted by molar-refractivity contribution is 0.102. The number of carbonyl (C=O) groups excluding carboxylic acids is 1. The number of carbonyl (C=O) groups is 1. The Labute approximate surface area is 138 Å². The van der Waals surface area contributed by atoms with Crippen molar-refractivity contribution >= 4 is 22.6 Å². The maximum absolute atomic E-state index is 12.6. The molecular formula is C17H16N6O. The lowest BCUT2D eigenvalue weighted by atomic mass is 9.96. The smallest absolute Gasteiger partial charge is 0.277 e. The highest BCUT2D eigenvalue weighted by Crippen LogP contribution is 2.26. The van der Waals surface area contributed by atoms with Crippen LogP contribution < -0.4 is 5.32 Å². The number of hydrogen-bond acceptors (Lipinski definition) is 4. The van der Waals surface area contributed by atoms with Gasteiger partial charge in [0.1, 0.15) is 0 Å². The van der Waals surface area contributed by atoms with Gasteiger partial charge in [0.25, 0.3) is 5.91 Å². The maximum atomic E-state index is 12.6. The third-order valence-electron chi connectivity index (χ3n) is 4.53. The highest BCUT2D eigenvalue weighted by Gasteiger charge is 2.22. The Bertz CT molecular complexity index is 991. The van der Waals surface area contributed by atoms with Crippen LogP contribution in [0.4, 0.5) is 5.82 Å². The van der Waals surface area contributed by atoms with Crippen LogP contribution in [0.1, 0.15) is 45.7 Å². The van der Waals surface area contributed by atoms with Gasteiger partial charge in [-0.1, -0.05) is 0 Å². The molecule has 1 aromatic carbocycles. The van der Waals surface area contributed by atoms with Crippen molar-refractivity contribution < 1.29 is 4.79 Å². The highest BCUT2D eigenvalue weighted by molar-refractivity contribution is 6.07. The second-order valence-corrected chi connectivity index (χ2v) is 6.09. The molecule has 3 N–H and O–H groups in total. The van der Waals surface area contributed by atoms with Gasteiger partial charge in [0.2, 0.25) is 0 Å². The summed E-state index contributed by atoms with van der Waals surface area (Å²) in [5.74, 6) is 0.194. The number of aromatic amines is 2. The Balaban J connectivity index is 1.67. The molecule has 0 bridgehead atoms. The van der Waals surface area contributed by atoms with Crippen LogP contribution in [0, 0.1) is 18.3 Å². The average Bonchev–Trinajstić information content (AvgIpc) is 3.18. The Hall–Kier alpha value is -3.14. The molecule has 4 rings (SSSR count). The number of rotatable bonds is 2. The number of nitriles is 1. The third-order valence-corrected chi connectivity index (χ3v) is 4.53. The Morgan fingerprint density at radius 2 is 2.08 bits per heavy atom. The van der Waals surface area contributed by atoms with E-state index in [1.807, 2.05) is 13.0 Å². The van der Waals surface area contributed by atoms with Crippen LogP contribution in [0.15, 0.2) is 12.1 Å². The molecular weight excluding hydrogens is 304 g/mol. The van der Waals surface area contributed by atoms with Crippen LogP contribution in [-0.4, -0.2) is 26.3 Å². The van der Waals surface area contributed by atoms with E-state index in [9.17, 15) is 4.79 Å². The van der Waals surface area contributed by atoms with Crippen LogP contribution in [0.3, 0.4) is 0 Å². The summed E-state index contributed by atoms with van der Waals surface area (Å²) in [6.07, 6.45) is 4.02. The second-order valence-electron chi connectivity index (χ2n) is 6.09. The largest absolute Gasteiger partial charge is 0.303 e. The first-order chi connectivity index (χ1) is 11.7. The molecule has 2 aromatic heterocycles. The number of nitrogens with zero attached hydrogens (tertiary/aromatic N) is 3. The Kier molecular flexibility index (Phi) is 3.31. The highest BCUT2D eigenvalue weighted by atomic mass is 16.2. The topological polar surface area (TPSA) is 110 Å². The normalized spacial score (nSPS) is 13.5. The molecule has 2 heterocycles. The minimum Gasteiger partial charge on any atom is -0.303 e. The van der Waals surface area contributed by atoms with E-state index in [4.69, 9.17) is 5.26 Å². The summed E-state index contributed by atoms with van der Waals surface area (Å²) < 4.78 is 0. The lowest BCUT2D eigenvalue weighted by Gasteiger charge is -2.10. The van der Waals surface area contributed by atoms with Crippen LogP contribution in [0.5, 0.6) is 0 Å². The van der Waals surface area contributed by atoms with Crippen molar-refractivity contribution in [3.63, 3.8) is 0 Å². The zero-order valence-electron chi connectivity index (χ0n) is 13.2. The molecule has 7 heteroatoms. The van der Waals surface area contributed by atoms with E-state index in [1.54, 1.807) is 6.07 Å². The third kappa shape index (κ3) is 2.24. The van der Waals surface area contributed by atoms with Gasteiger partial charge < -0.3 is 5.32 Å². The van der Waals surface area contributed by atoms with E-state index < -0.39 is 0 Å². The summed E-state index contributed by atoms with van der Waals surface area (Å²) in [4.78, 5) is 12.6. The van der Waals surface area contributed by atoms with Crippen molar-refractivity contribution in [1.29, 1.82) is 5.26 Å². The molecule has 1 amide bonds. The van der Waals surface area contributed by atoms with Crippen molar-refractivity contribution in [2.24, 2.45) is 0 Å². The summed E-state index contributed by atoms with van der Waals surface area (Å²) in [5.41, 5.74) is 4.68. The van der Waals surface area contributed by atoms with Gasteiger partial charge in [-0.25, -0.2) is 0 Å². The number of aromatic nitrogens is 4. The summed E-state index contributed by atoms with van der Waals surface area (Å²) in [6.45, 7) is 1.86. The number of aryl methyl sites for hydroxylation is 2. The van der Waals surface area contributed by atoms with Crippen molar-refractivity contribution in [2.45, 2.75) is 32.6 Å². The fourth-order valence-corrected chi connectivity index (χ4v) is 3.22. The van der Waals surface area contributed by atoms with Gasteiger partial charge in [-0.3, -0.25) is 15.0 Å². The first kappa shape index (κ1) is 14.5. The summed E-state index contributed by atoms with van der Waals surface area (Å²) in [7, 11) is 0. The zero-order chi connectivity index (χ0) is 16.7. The van der Waals surface area contributed by atoms with Gasteiger partial charge in [0.15, 0.2) is 11.5 Å². The lowest BCUT2D eigenvalue weighted by Crippen LogP contribution is -2.16. The van der Waals surface area contributed by atoms with E-state index in [0.717, 1.165) is 53.4 Å². The van der Waals surface area contributed by atoms with Gasteiger partial charge >= 0.3 is 0 Å². The molecule has 0 atom stereocenters. The molecule has 120 valence electrons. The number of fused-ring (bicyclic) bond motifs is 2. The summed E-state index contributed by atoms with van der Waals surface area (Å²) >= 11 is 0. The predicted octanol–water partition coefficient (Wildman–Crippen LogP) is 2.60. The number of nitrogens with one attached hydrogen (secondary N) is 3. The van der Waals surface area contributed by atoms with E-state index >= 15 is 0 Å². The van der Waals surface area contributed by atoms with E-state index in [0.29, 0.717) is 17.1 Å². The van der Waals surface area contributed by atoms with Gasteiger partial charge in [-0.2, -0.15) is 15.5 Å². The number of hydrogen-bond donors (Lipinski definition) is 3. The molecule has 3 aromatic rings. The summed E-state index contributed by atoms with van der Waals surface area (Å²) in [5, 5.41) is 26.9. The predicted molar refractivity (Wildman–Crippen MR) is 88.7 cm³/mol. The first-order valence-corrected chi connectivity index (χ1v) is 7.93. The first-order valence-electron chi connectivity index (χ1n) is 7.93. The van der Waals surface area contributed by atoms with Crippen molar-refractivity contribution in [3.8, 4) is 6.07 Å². The number of benzene rings is 1. The SMILES string of the molecule is Cc1cc2c(NC(=O)c3n[nH]c4c3CCCC4)n[nH]c2cc1C#N. The molecule has 0 fully saturated rings. The zero-order valence-corrected chi connectivity index (χ0v) is 13.2. The molecule has 1 aliphatic carbocycles. The van der Waals surface area contributed by atoms with E-state index in [2.05, 4.69) is 31.8 Å². The molecule has 0 aliphatic heterocycles. The summed E-state index contributed by atoms with van der Waals surface area (Å²) in [6, 6.07) is 5.74. The second kappa shape index (κ2) is 5.49. The molecule has 0 saturated heterocycles. The Morgan fingerprint density at radius 1 is 1.25 bits per heavy atom. The van der Waals surface area contributed by atoms with Gasteiger partial charge in [0.05, 0.1) is 17.1 Å². The van der Waals surface area contributed by atoms with Crippen LogP contribution in [-0.2, 0) is 12.8 Å². The van der Waals surface area contributed by atoms with Crippen LogP contribution in [0.2, 0.25) is 0 Å².